The largest absolute Gasteiger partial charge is 0.332 e. The highest BCUT2D eigenvalue weighted by atomic mass is 32.1. The Hall–Kier alpha value is -2.94. The molecular formula is C15H13N5O3S. The van der Waals surface area contributed by atoms with Crippen molar-refractivity contribution in [1.82, 2.24) is 23.3 Å². The van der Waals surface area contributed by atoms with Crippen molar-refractivity contribution < 1.29 is 0 Å². The van der Waals surface area contributed by atoms with Crippen LogP contribution in [0.25, 0.3) is 21.4 Å². The summed E-state index contributed by atoms with van der Waals surface area (Å²) in [6, 6.07) is 7.48. The number of hydrogen-bond acceptors (Lipinski definition) is 5. The SMILES string of the molecule is Cn1c(=O)c2c(ncn2Cn2c(=O)sc3ccccc32)n(C)c1=O. The fraction of sp³-hybridized carbons (Fsp3) is 0.200. The van der Waals surface area contributed by atoms with E-state index in [1.54, 1.807) is 16.2 Å². The summed E-state index contributed by atoms with van der Waals surface area (Å²) in [5.74, 6) is 0. The predicted molar refractivity (Wildman–Crippen MR) is 91.7 cm³/mol. The fourth-order valence-electron chi connectivity index (χ4n) is 2.80. The number of fused-ring (bicyclic) bond motifs is 2. The molecule has 4 rings (SSSR count). The normalized spacial score (nSPS) is 11.6. The Labute approximate surface area is 138 Å². The second kappa shape index (κ2) is 5.03. The van der Waals surface area contributed by atoms with E-state index in [1.165, 1.54) is 17.9 Å². The van der Waals surface area contributed by atoms with E-state index in [4.69, 9.17) is 0 Å². The van der Waals surface area contributed by atoms with E-state index in [-0.39, 0.29) is 11.5 Å². The maximum absolute atomic E-state index is 12.5. The first kappa shape index (κ1) is 14.6. The van der Waals surface area contributed by atoms with Gasteiger partial charge in [0.15, 0.2) is 11.2 Å². The summed E-state index contributed by atoms with van der Waals surface area (Å²) in [7, 11) is 2.99. The van der Waals surface area contributed by atoms with Gasteiger partial charge in [-0.2, -0.15) is 0 Å². The average Bonchev–Trinajstić information content (AvgIpc) is 3.13. The molecule has 0 spiro atoms. The second-order valence-electron chi connectivity index (χ2n) is 5.50. The van der Waals surface area contributed by atoms with Gasteiger partial charge in [0.2, 0.25) is 0 Å². The molecule has 3 aromatic heterocycles. The molecule has 3 heterocycles. The Morgan fingerprint density at radius 1 is 1.08 bits per heavy atom. The first-order valence-electron chi connectivity index (χ1n) is 7.18. The maximum atomic E-state index is 12.5. The number of para-hydroxylation sites is 1. The van der Waals surface area contributed by atoms with Crippen LogP contribution in [-0.4, -0.2) is 23.3 Å². The lowest BCUT2D eigenvalue weighted by Gasteiger charge is -2.08. The van der Waals surface area contributed by atoms with Crippen molar-refractivity contribution in [3.8, 4) is 0 Å². The van der Waals surface area contributed by atoms with Gasteiger partial charge in [-0.25, -0.2) is 9.78 Å². The van der Waals surface area contributed by atoms with Gasteiger partial charge in [0.1, 0.15) is 6.67 Å². The number of imidazole rings is 1. The van der Waals surface area contributed by atoms with Crippen LogP contribution < -0.4 is 16.1 Å². The van der Waals surface area contributed by atoms with Crippen molar-refractivity contribution in [3.05, 3.63) is 61.1 Å². The highest BCUT2D eigenvalue weighted by molar-refractivity contribution is 7.16. The van der Waals surface area contributed by atoms with Crippen molar-refractivity contribution in [2.45, 2.75) is 6.67 Å². The minimum absolute atomic E-state index is 0.111. The summed E-state index contributed by atoms with van der Waals surface area (Å²) in [4.78, 5) is 40.8. The molecule has 0 bridgehead atoms. The van der Waals surface area contributed by atoms with Crippen LogP contribution in [0.2, 0.25) is 0 Å². The lowest BCUT2D eigenvalue weighted by molar-refractivity contribution is 0.624. The molecule has 0 amide bonds. The van der Waals surface area contributed by atoms with Crippen molar-refractivity contribution in [2.24, 2.45) is 14.1 Å². The first-order valence-corrected chi connectivity index (χ1v) is 8.00. The van der Waals surface area contributed by atoms with E-state index in [9.17, 15) is 14.4 Å². The molecule has 4 aromatic rings. The maximum Gasteiger partial charge on any atom is 0.332 e. The molecule has 0 saturated carbocycles. The summed E-state index contributed by atoms with van der Waals surface area (Å²) < 4.78 is 6.42. The van der Waals surface area contributed by atoms with Gasteiger partial charge in [0, 0.05) is 14.1 Å². The second-order valence-corrected chi connectivity index (χ2v) is 6.49. The fourth-order valence-corrected chi connectivity index (χ4v) is 3.69. The number of rotatable bonds is 2. The molecule has 24 heavy (non-hydrogen) atoms. The van der Waals surface area contributed by atoms with Crippen LogP contribution in [0.4, 0.5) is 0 Å². The number of aromatic nitrogens is 5. The summed E-state index contributed by atoms with van der Waals surface area (Å²) >= 11 is 1.15. The highest BCUT2D eigenvalue weighted by Crippen LogP contribution is 2.17. The minimum Gasteiger partial charge on any atom is -0.306 e. The van der Waals surface area contributed by atoms with Crippen LogP contribution in [0.3, 0.4) is 0 Å². The first-order chi connectivity index (χ1) is 11.5. The van der Waals surface area contributed by atoms with E-state index in [1.807, 2.05) is 24.3 Å². The molecule has 0 atom stereocenters. The van der Waals surface area contributed by atoms with Crippen LogP contribution in [0, 0.1) is 0 Å². The topological polar surface area (TPSA) is 83.8 Å². The van der Waals surface area contributed by atoms with Gasteiger partial charge >= 0.3 is 10.6 Å². The van der Waals surface area contributed by atoms with Gasteiger partial charge in [-0.3, -0.25) is 23.3 Å². The molecule has 0 aliphatic rings. The summed E-state index contributed by atoms with van der Waals surface area (Å²) in [6.45, 7) is 0.160. The number of aryl methyl sites for hydroxylation is 1. The average molecular weight is 343 g/mol. The van der Waals surface area contributed by atoms with Gasteiger partial charge in [-0.15, -0.1) is 0 Å². The number of thiazole rings is 1. The highest BCUT2D eigenvalue weighted by Gasteiger charge is 2.15. The molecular weight excluding hydrogens is 330 g/mol. The lowest BCUT2D eigenvalue weighted by Crippen LogP contribution is -2.37. The standard InChI is InChI=1S/C15H13N5O3S/c1-17-12-11(13(21)18(2)14(17)22)19(7-16-12)8-20-9-5-3-4-6-10(9)24-15(20)23/h3-7H,8H2,1-2H3. The number of benzene rings is 1. The third-order valence-corrected chi connectivity index (χ3v) is 5.04. The van der Waals surface area contributed by atoms with Crippen LogP contribution in [-0.2, 0) is 20.8 Å². The Morgan fingerprint density at radius 2 is 1.83 bits per heavy atom. The molecule has 0 aliphatic heterocycles. The molecule has 122 valence electrons. The van der Waals surface area contributed by atoms with Gasteiger partial charge < -0.3 is 4.57 Å². The quantitative estimate of drug-likeness (QED) is 0.525. The molecule has 0 N–H and O–H groups in total. The summed E-state index contributed by atoms with van der Waals surface area (Å²) in [6.07, 6.45) is 1.48. The van der Waals surface area contributed by atoms with E-state index in [0.717, 1.165) is 26.1 Å². The number of nitrogens with zero attached hydrogens (tertiary/aromatic N) is 5. The van der Waals surface area contributed by atoms with Crippen LogP contribution in [0.1, 0.15) is 0 Å². The van der Waals surface area contributed by atoms with E-state index >= 15 is 0 Å². The Morgan fingerprint density at radius 3 is 2.62 bits per heavy atom. The van der Waals surface area contributed by atoms with Crippen molar-refractivity contribution in [3.63, 3.8) is 0 Å². The molecule has 8 nitrogen and oxygen atoms in total. The van der Waals surface area contributed by atoms with E-state index < -0.39 is 11.2 Å². The van der Waals surface area contributed by atoms with Crippen molar-refractivity contribution in [2.75, 3.05) is 0 Å². The smallest absolute Gasteiger partial charge is 0.306 e. The van der Waals surface area contributed by atoms with Crippen molar-refractivity contribution in [1.29, 1.82) is 0 Å². The predicted octanol–water partition coefficient (Wildman–Crippen LogP) is 0.316. The van der Waals surface area contributed by atoms with Gasteiger partial charge in [0.05, 0.1) is 16.5 Å². The van der Waals surface area contributed by atoms with Gasteiger partial charge in [-0.1, -0.05) is 23.5 Å². The van der Waals surface area contributed by atoms with Gasteiger partial charge in [-0.05, 0) is 12.1 Å². The monoisotopic (exact) mass is 343 g/mol. The zero-order valence-corrected chi connectivity index (χ0v) is 13.8. The third kappa shape index (κ3) is 1.91. The van der Waals surface area contributed by atoms with Crippen molar-refractivity contribution >= 4 is 32.7 Å². The van der Waals surface area contributed by atoms with E-state index in [0.29, 0.717) is 11.2 Å². The Bertz CT molecular complexity index is 1270. The van der Waals surface area contributed by atoms with Crippen LogP contribution in [0.15, 0.2) is 45.0 Å². The lowest BCUT2D eigenvalue weighted by atomic mass is 10.3. The Kier molecular flexibility index (Phi) is 3.07. The summed E-state index contributed by atoms with van der Waals surface area (Å²) in [5.41, 5.74) is 0.530. The Balaban J connectivity index is 1.98. The number of hydrogen-bond donors (Lipinski definition) is 0. The van der Waals surface area contributed by atoms with Gasteiger partial charge in [0.25, 0.3) is 5.56 Å². The zero-order valence-electron chi connectivity index (χ0n) is 13.0. The molecule has 0 saturated heterocycles. The molecule has 9 heteroatoms. The summed E-state index contributed by atoms with van der Waals surface area (Å²) in [5, 5.41) is 0. The zero-order chi connectivity index (χ0) is 17.0. The van der Waals surface area contributed by atoms with E-state index in [2.05, 4.69) is 4.98 Å². The molecule has 0 fully saturated rings. The minimum atomic E-state index is -0.434. The van der Waals surface area contributed by atoms with Crippen LogP contribution >= 0.6 is 11.3 Å². The molecule has 1 aromatic carbocycles. The molecule has 0 radical (unpaired) electrons. The molecule has 0 aliphatic carbocycles. The third-order valence-electron chi connectivity index (χ3n) is 4.08. The molecule has 0 unspecified atom stereocenters. The van der Waals surface area contributed by atoms with Crippen LogP contribution in [0.5, 0.6) is 0 Å².